The summed E-state index contributed by atoms with van der Waals surface area (Å²) in [6.07, 6.45) is 11.7. The van der Waals surface area contributed by atoms with E-state index in [9.17, 15) is 4.79 Å². The van der Waals surface area contributed by atoms with Gasteiger partial charge in [0.25, 0.3) is 5.91 Å². The summed E-state index contributed by atoms with van der Waals surface area (Å²) in [6.45, 7) is 3.50. The summed E-state index contributed by atoms with van der Waals surface area (Å²) in [5, 5.41) is 0. The molecule has 0 aromatic heterocycles. The highest BCUT2D eigenvalue weighted by Crippen LogP contribution is 1.97. The molecule has 1 amide bonds. The third-order valence-electron chi connectivity index (χ3n) is 1.27. The molecule has 0 atom stereocenters. The molecule has 1 heterocycles. The van der Waals surface area contributed by atoms with Crippen molar-refractivity contribution in [2.75, 3.05) is 0 Å². The quantitative estimate of drug-likeness (QED) is 0.551. The van der Waals surface area contributed by atoms with E-state index in [1.165, 1.54) is 17.2 Å². The minimum absolute atomic E-state index is 0.0828. The first-order valence-corrected chi connectivity index (χ1v) is 3.31. The molecule has 2 nitrogen and oxygen atoms in total. The molecule has 0 aromatic rings. The average molecular weight is 147 g/mol. The van der Waals surface area contributed by atoms with Gasteiger partial charge in [-0.05, 0) is 6.08 Å². The molecule has 0 aliphatic carbocycles. The van der Waals surface area contributed by atoms with Gasteiger partial charge in [-0.2, -0.15) is 0 Å². The normalized spacial score (nSPS) is 16.4. The van der Waals surface area contributed by atoms with Gasteiger partial charge in [0.15, 0.2) is 0 Å². The Hall–Kier alpha value is -1.57. The number of rotatable bonds is 1. The third-order valence-corrected chi connectivity index (χ3v) is 1.27. The average Bonchev–Trinajstić information content (AvgIpc) is 1.98. The van der Waals surface area contributed by atoms with Crippen LogP contribution in [-0.2, 0) is 4.79 Å². The lowest BCUT2D eigenvalue weighted by atomic mass is 10.3. The van der Waals surface area contributed by atoms with Gasteiger partial charge < -0.3 is 0 Å². The number of carbonyl (C=O) groups excluding carboxylic acids is 1. The number of amides is 1. The maximum absolute atomic E-state index is 11.1. The fourth-order valence-corrected chi connectivity index (χ4v) is 0.719. The Bertz CT molecular complexity index is 248. The van der Waals surface area contributed by atoms with Gasteiger partial charge in [0, 0.05) is 18.5 Å². The van der Waals surface area contributed by atoms with Crippen molar-refractivity contribution in [3.8, 4) is 0 Å². The Morgan fingerprint density at radius 2 is 2.00 bits per heavy atom. The number of allylic oxidation sites excluding steroid dienone is 4. The molecule has 0 N–H and O–H groups in total. The van der Waals surface area contributed by atoms with Crippen LogP contribution in [0.1, 0.15) is 0 Å². The topological polar surface area (TPSA) is 20.3 Å². The fraction of sp³-hybridized carbons (Fsp3) is 0. The van der Waals surface area contributed by atoms with Gasteiger partial charge in [-0.25, -0.2) is 0 Å². The highest BCUT2D eigenvalue weighted by Gasteiger charge is 2.01. The molecule has 0 unspecified atom stereocenters. The van der Waals surface area contributed by atoms with Crippen LogP contribution in [0, 0.1) is 0 Å². The van der Waals surface area contributed by atoms with Crippen LogP contribution in [-0.4, -0.2) is 10.8 Å². The minimum atomic E-state index is -0.0828. The van der Waals surface area contributed by atoms with Gasteiger partial charge in [-0.3, -0.25) is 9.69 Å². The van der Waals surface area contributed by atoms with Gasteiger partial charge in [0.2, 0.25) is 0 Å². The molecule has 0 spiro atoms. The maximum atomic E-state index is 11.1. The second-order valence-electron chi connectivity index (χ2n) is 2.01. The highest BCUT2D eigenvalue weighted by molar-refractivity contribution is 5.89. The van der Waals surface area contributed by atoms with Gasteiger partial charge in [0.1, 0.15) is 0 Å². The lowest BCUT2D eigenvalue weighted by Gasteiger charge is -2.09. The lowest BCUT2D eigenvalue weighted by Crippen LogP contribution is -2.16. The van der Waals surface area contributed by atoms with Crippen molar-refractivity contribution in [2.45, 2.75) is 0 Å². The maximum Gasteiger partial charge on any atom is 0.254 e. The lowest BCUT2D eigenvalue weighted by molar-refractivity contribution is -0.121. The Morgan fingerprint density at radius 1 is 1.27 bits per heavy atom. The summed E-state index contributed by atoms with van der Waals surface area (Å²) in [5.74, 6) is -0.0828. The molecular weight excluding hydrogens is 138 g/mol. The first-order valence-electron chi connectivity index (χ1n) is 3.31. The van der Waals surface area contributed by atoms with Crippen molar-refractivity contribution < 1.29 is 4.79 Å². The van der Waals surface area contributed by atoms with Crippen LogP contribution < -0.4 is 0 Å². The highest BCUT2D eigenvalue weighted by atomic mass is 16.2. The molecule has 11 heavy (non-hydrogen) atoms. The van der Waals surface area contributed by atoms with Crippen LogP contribution in [0.15, 0.2) is 49.4 Å². The van der Waals surface area contributed by atoms with Crippen LogP contribution >= 0.6 is 0 Å². The smallest absolute Gasteiger partial charge is 0.254 e. The van der Waals surface area contributed by atoms with E-state index in [2.05, 4.69) is 6.58 Å². The molecular formula is C9H9NO. The van der Waals surface area contributed by atoms with Gasteiger partial charge in [-0.1, -0.05) is 24.8 Å². The SMILES string of the molecule is C=CN1C=CC=CC=CC1=O. The summed E-state index contributed by atoms with van der Waals surface area (Å²) < 4.78 is 0. The molecule has 0 radical (unpaired) electrons. The standard InChI is InChI=1S/C9H9NO/c1-2-10-8-6-4-3-5-7-9(10)11/h2-8H,1H2. The zero-order chi connectivity index (χ0) is 8.10. The Labute approximate surface area is 65.8 Å². The van der Waals surface area contributed by atoms with E-state index in [0.29, 0.717) is 0 Å². The predicted molar refractivity (Wildman–Crippen MR) is 44.5 cm³/mol. The number of hydrogen-bond donors (Lipinski definition) is 0. The molecule has 0 saturated carbocycles. The van der Waals surface area contributed by atoms with Crippen molar-refractivity contribution in [1.29, 1.82) is 0 Å². The fourth-order valence-electron chi connectivity index (χ4n) is 0.719. The van der Waals surface area contributed by atoms with E-state index in [4.69, 9.17) is 0 Å². The van der Waals surface area contributed by atoms with Gasteiger partial charge >= 0.3 is 0 Å². The zero-order valence-electron chi connectivity index (χ0n) is 6.10. The van der Waals surface area contributed by atoms with Crippen molar-refractivity contribution in [1.82, 2.24) is 4.90 Å². The number of hydrogen-bond acceptors (Lipinski definition) is 1. The molecule has 0 saturated heterocycles. The first-order chi connectivity index (χ1) is 5.34. The first kappa shape index (κ1) is 7.54. The molecule has 1 aliphatic rings. The van der Waals surface area contributed by atoms with Crippen LogP contribution in [0.25, 0.3) is 0 Å². The molecule has 0 aromatic carbocycles. The zero-order valence-corrected chi connectivity index (χ0v) is 6.10. The molecule has 0 fully saturated rings. The van der Waals surface area contributed by atoms with Crippen molar-refractivity contribution >= 4 is 5.91 Å². The summed E-state index contributed by atoms with van der Waals surface area (Å²) in [7, 11) is 0. The molecule has 1 rings (SSSR count). The van der Waals surface area contributed by atoms with Gasteiger partial charge in [0.05, 0.1) is 0 Å². The Kier molecular flexibility index (Phi) is 2.44. The number of nitrogens with zero attached hydrogens (tertiary/aromatic N) is 1. The van der Waals surface area contributed by atoms with Crippen LogP contribution in [0.2, 0.25) is 0 Å². The van der Waals surface area contributed by atoms with E-state index >= 15 is 0 Å². The van der Waals surface area contributed by atoms with Crippen LogP contribution in [0.3, 0.4) is 0 Å². The van der Waals surface area contributed by atoms with Crippen LogP contribution in [0.5, 0.6) is 0 Å². The summed E-state index contributed by atoms with van der Waals surface area (Å²) in [6, 6.07) is 0. The molecule has 2 heteroatoms. The van der Waals surface area contributed by atoms with Gasteiger partial charge in [-0.15, -0.1) is 0 Å². The molecule has 56 valence electrons. The molecule has 1 aliphatic heterocycles. The monoisotopic (exact) mass is 147 g/mol. The predicted octanol–water partition coefficient (Wildman–Crippen LogP) is 1.60. The largest absolute Gasteiger partial charge is 0.292 e. The van der Waals surface area contributed by atoms with E-state index < -0.39 is 0 Å². The van der Waals surface area contributed by atoms with E-state index in [-0.39, 0.29) is 5.91 Å². The summed E-state index contributed by atoms with van der Waals surface area (Å²) in [5.41, 5.74) is 0. The van der Waals surface area contributed by atoms with Crippen LogP contribution in [0.4, 0.5) is 0 Å². The van der Waals surface area contributed by atoms with E-state index in [1.54, 1.807) is 24.4 Å². The number of carbonyl (C=O) groups is 1. The van der Waals surface area contributed by atoms with Crippen molar-refractivity contribution in [3.05, 3.63) is 49.4 Å². The second kappa shape index (κ2) is 3.56. The van der Waals surface area contributed by atoms with E-state index in [1.807, 2.05) is 6.08 Å². The summed E-state index contributed by atoms with van der Waals surface area (Å²) in [4.78, 5) is 12.5. The van der Waals surface area contributed by atoms with Crippen molar-refractivity contribution in [3.63, 3.8) is 0 Å². The summed E-state index contributed by atoms with van der Waals surface area (Å²) >= 11 is 0. The Balaban J connectivity index is 2.87. The molecule has 0 bridgehead atoms. The second-order valence-corrected chi connectivity index (χ2v) is 2.01. The third kappa shape index (κ3) is 1.93. The van der Waals surface area contributed by atoms with Crippen molar-refractivity contribution in [2.24, 2.45) is 0 Å². The Morgan fingerprint density at radius 3 is 2.73 bits per heavy atom. The van der Waals surface area contributed by atoms with E-state index in [0.717, 1.165) is 0 Å². The minimum Gasteiger partial charge on any atom is -0.292 e.